The highest BCUT2D eigenvalue weighted by molar-refractivity contribution is 4.91. The Balaban J connectivity index is 4.27. The van der Waals surface area contributed by atoms with Crippen molar-refractivity contribution in [3.05, 3.63) is 12.7 Å². The van der Waals surface area contributed by atoms with E-state index in [0.717, 1.165) is 12.8 Å². The van der Waals surface area contributed by atoms with Gasteiger partial charge in [0, 0.05) is 11.6 Å². The fraction of sp³-hybridized carbons (Fsp3) is 0.800. The Bertz CT molecular complexity index is 152. The van der Waals surface area contributed by atoms with Crippen LogP contribution >= 0.6 is 0 Å². The maximum atomic E-state index is 5.53. The van der Waals surface area contributed by atoms with E-state index in [1.165, 1.54) is 0 Å². The molecule has 78 valence electrons. The Morgan fingerprint density at radius 3 is 2.38 bits per heavy atom. The van der Waals surface area contributed by atoms with Gasteiger partial charge in [0.15, 0.2) is 0 Å². The molecule has 0 radical (unpaired) electrons. The molecule has 1 atom stereocenters. The summed E-state index contributed by atoms with van der Waals surface area (Å²) >= 11 is 0. The smallest absolute Gasteiger partial charge is 0.0392 e. The summed E-state index contributed by atoms with van der Waals surface area (Å²) in [5, 5.41) is 0. The first kappa shape index (κ1) is 12.6. The van der Waals surface area contributed by atoms with Gasteiger partial charge in [0.05, 0.1) is 0 Å². The van der Waals surface area contributed by atoms with Crippen molar-refractivity contribution >= 4 is 0 Å². The monoisotopic (exact) mass is 185 g/mol. The molecular weight excluding hydrogens is 162 g/mol. The van der Waals surface area contributed by atoms with Crippen molar-refractivity contribution in [2.24, 2.45) is 5.84 Å². The van der Waals surface area contributed by atoms with Crippen molar-refractivity contribution < 1.29 is 0 Å². The predicted molar refractivity (Wildman–Crippen MR) is 58.3 cm³/mol. The fourth-order valence-electron chi connectivity index (χ4n) is 1.24. The van der Waals surface area contributed by atoms with E-state index >= 15 is 0 Å². The standard InChI is InChI=1S/C10H23N3/c1-6-7-8-9(12-11)10(2,3)13(4)5/h6,9,12H,1,7-8,11H2,2-5H3. The molecule has 0 spiro atoms. The molecule has 1 unspecified atom stereocenters. The lowest BCUT2D eigenvalue weighted by Crippen LogP contribution is -2.57. The molecule has 0 aromatic heterocycles. The van der Waals surface area contributed by atoms with Gasteiger partial charge in [-0.3, -0.25) is 11.3 Å². The predicted octanol–water partition coefficient (Wildman–Crippen LogP) is 1.12. The van der Waals surface area contributed by atoms with E-state index in [1.54, 1.807) is 0 Å². The number of hydrogen-bond acceptors (Lipinski definition) is 3. The Hall–Kier alpha value is -0.380. The normalized spacial score (nSPS) is 14.6. The van der Waals surface area contributed by atoms with Crippen molar-refractivity contribution in [3.63, 3.8) is 0 Å². The third-order valence-electron chi connectivity index (χ3n) is 2.87. The number of hydrogen-bond donors (Lipinski definition) is 2. The summed E-state index contributed by atoms with van der Waals surface area (Å²) in [6.45, 7) is 8.07. The average Bonchev–Trinajstić information content (AvgIpc) is 2.05. The highest BCUT2D eigenvalue weighted by atomic mass is 15.3. The highest BCUT2D eigenvalue weighted by Gasteiger charge is 2.29. The van der Waals surface area contributed by atoms with Gasteiger partial charge in [0.1, 0.15) is 0 Å². The van der Waals surface area contributed by atoms with E-state index < -0.39 is 0 Å². The number of rotatable bonds is 6. The third-order valence-corrected chi connectivity index (χ3v) is 2.87. The van der Waals surface area contributed by atoms with Gasteiger partial charge >= 0.3 is 0 Å². The van der Waals surface area contributed by atoms with Crippen LogP contribution < -0.4 is 11.3 Å². The zero-order valence-corrected chi connectivity index (χ0v) is 9.30. The minimum absolute atomic E-state index is 0.0672. The van der Waals surface area contributed by atoms with Crippen LogP contribution in [0.1, 0.15) is 26.7 Å². The van der Waals surface area contributed by atoms with E-state index in [9.17, 15) is 0 Å². The summed E-state index contributed by atoms with van der Waals surface area (Å²) < 4.78 is 0. The molecule has 0 bridgehead atoms. The lowest BCUT2D eigenvalue weighted by Gasteiger charge is -2.39. The topological polar surface area (TPSA) is 41.3 Å². The van der Waals surface area contributed by atoms with E-state index in [4.69, 9.17) is 5.84 Å². The molecule has 0 aliphatic carbocycles. The minimum atomic E-state index is 0.0672. The molecule has 0 saturated heterocycles. The molecule has 13 heavy (non-hydrogen) atoms. The SMILES string of the molecule is C=CCCC(NN)C(C)(C)N(C)C. The Kier molecular flexibility index (Phi) is 5.21. The average molecular weight is 185 g/mol. The molecule has 3 heteroatoms. The number of nitrogens with two attached hydrogens (primary N) is 1. The number of allylic oxidation sites excluding steroid dienone is 1. The summed E-state index contributed by atoms with van der Waals surface area (Å²) in [5.41, 5.74) is 2.94. The minimum Gasteiger partial charge on any atom is -0.303 e. The van der Waals surface area contributed by atoms with Gasteiger partial charge in [-0.05, 0) is 40.8 Å². The van der Waals surface area contributed by atoms with Gasteiger partial charge in [-0.25, -0.2) is 0 Å². The van der Waals surface area contributed by atoms with Crippen molar-refractivity contribution in [2.75, 3.05) is 14.1 Å². The lowest BCUT2D eigenvalue weighted by atomic mass is 9.90. The van der Waals surface area contributed by atoms with Crippen LogP contribution in [0.15, 0.2) is 12.7 Å². The van der Waals surface area contributed by atoms with E-state index in [-0.39, 0.29) is 5.54 Å². The molecule has 3 N–H and O–H groups in total. The van der Waals surface area contributed by atoms with Crippen molar-refractivity contribution in [2.45, 2.75) is 38.3 Å². The zero-order chi connectivity index (χ0) is 10.5. The molecule has 3 nitrogen and oxygen atoms in total. The summed E-state index contributed by atoms with van der Waals surface area (Å²) in [4.78, 5) is 2.18. The number of likely N-dealkylation sites (N-methyl/N-ethyl adjacent to an activating group) is 1. The molecule has 0 aromatic rings. The Labute approximate surface area is 82.0 Å². The molecule has 0 saturated carbocycles. The summed E-state index contributed by atoms with van der Waals surface area (Å²) in [7, 11) is 4.14. The van der Waals surface area contributed by atoms with Crippen LogP contribution in [-0.2, 0) is 0 Å². The number of nitrogens with zero attached hydrogens (tertiary/aromatic N) is 1. The quantitative estimate of drug-likeness (QED) is 0.370. The van der Waals surface area contributed by atoms with Gasteiger partial charge in [0.2, 0.25) is 0 Å². The lowest BCUT2D eigenvalue weighted by molar-refractivity contribution is 0.133. The van der Waals surface area contributed by atoms with Gasteiger partial charge < -0.3 is 4.90 Å². The molecular formula is C10H23N3. The summed E-state index contributed by atoms with van der Waals surface area (Å²) in [6.07, 6.45) is 3.94. The Morgan fingerprint density at radius 2 is 2.08 bits per heavy atom. The van der Waals surface area contributed by atoms with Crippen LogP contribution in [0, 0.1) is 0 Å². The summed E-state index contributed by atoms with van der Waals surface area (Å²) in [5.74, 6) is 5.53. The van der Waals surface area contributed by atoms with Gasteiger partial charge in [-0.1, -0.05) is 6.08 Å². The Morgan fingerprint density at radius 1 is 1.54 bits per heavy atom. The second-order valence-electron chi connectivity index (χ2n) is 4.13. The molecule has 0 aliphatic rings. The maximum Gasteiger partial charge on any atom is 0.0392 e. The van der Waals surface area contributed by atoms with Crippen LogP contribution in [0.3, 0.4) is 0 Å². The van der Waals surface area contributed by atoms with E-state index in [1.807, 2.05) is 6.08 Å². The van der Waals surface area contributed by atoms with Crippen molar-refractivity contribution in [1.29, 1.82) is 0 Å². The molecule has 0 amide bonds. The molecule has 0 rings (SSSR count). The van der Waals surface area contributed by atoms with Gasteiger partial charge in [-0.15, -0.1) is 6.58 Å². The zero-order valence-electron chi connectivity index (χ0n) is 9.30. The number of nitrogens with one attached hydrogen (secondary N) is 1. The summed E-state index contributed by atoms with van der Waals surface area (Å²) in [6, 6.07) is 0.292. The largest absolute Gasteiger partial charge is 0.303 e. The van der Waals surface area contributed by atoms with Gasteiger partial charge in [0.25, 0.3) is 0 Å². The highest BCUT2D eigenvalue weighted by Crippen LogP contribution is 2.18. The van der Waals surface area contributed by atoms with Crippen molar-refractivity contribution in [3.8, 4) is 0 Å². The second kappa shape index (κ2) is 5.37. The molecule has 0 aromatic carbocycles. The van der Waals surface area contributed by atoms with Crippen LogP contribution in [-0.4, -0.2) is 30.6 Å². The first-order valence-corrected chi connectivity index (χ1v) is 4.71. The molecule has 0 fully saturated rings. The number of hydrazine groups is 1. The van der Waals surface area contributed by atoms with Crippen LogP contribution in [0.5, 0.6) is 0 Å². The van der Waals surface area contributed by atoms with Crippen LogP contribution in [0.25, 0.3) is 0 Å². The van der Waals surface area contributed by atoms with Crippen LogP contribution in [0.2, 0.25) is 0 Å². The van der Waals surface area contributed by atoms with Crippen LogP contribution in [0.4, 0.5) is 0 Å². The van der Waals surface area contributed by atoms with E-state index in [0.29, 0.717) is 6.04 Å². The van der Waals surface area contributed by atoms with Crippen molar-refractivity contribution in [1.82, 2.24) is 10.3 Å². The van der Waals surface area contributed by atoms with E-state index in [2.05, 4.69) is 44.8 Å². The molecule has 0 aliphatic heterocycles. The third kappa shape index (κ3) is 3.46. The molecule has 0 heterocycles. The second-order valence-corrected chi connectivity index (χ2v) is 4.13. The first-order chi connectivity index (χ1) is 5.96. The fourth-order valence-corrected chi connectivity index (χ4v) is 1.24. The maximum absolute atomic E-state index is 5.53. The van der Waals surface area contributed by atoms with Gasteiger partial charge in [-0.2, -0.15) is 0 Å². The first-order valence-electron chi connectivity index (χ1n) is 4.71.